The van der Waals surface area contributed by atoms with Crippen molar-refractivity contribution >= 4 is 19.2 Å². The predicted molar refractivity (Wildman–Crippen MR) is 120 cm³/mol. The summed E-state index contributed by atoms with van der Waals surface area (Å²) in [6, 6.07) is 20.6. The van der Waals surface area contributed by atoms with Crippen LogP contribution >= 0.6 is 7.05 Å². The third-order valence-electron chi connectivity index (χ3n) is 3.47. The molecule has 1 aliphatic rings. The van der Waals surface area contributed by atoms with Gasteiger partial charge in [0.25, 0.3) is 0 Å². The largest absolute Gasteiger partial charge is 0.272 e. The molecule has 0 aromatic heterocycles. The molecule has 0 N–H and O–H groups in total. The molecule has 0 saturated carbocycles. The van der Waals surface area contributed by atoms with Crippen LogP contribution in [0, 0.1) is 0 Å². The minimum atomic E-state index is -0.948. The van der Waals surface area contributed by atoms with E-state index in [4.69, 9.17) is 0 Å². The van der Waals surface area contributed by atoms with Gasteiger partial charge in [0.1, 0.15) is 0 Å². The fourth-order valence-corrected chi connectivity index (χ4v) is 3.28. The van der Waals surface area contributed by atoms with Crippen molar-refractivity contribution in [1.82, 2.24) is 0 Å². The Labute approximate surface area is 179 Å². The van der Waals surface area contributed by atoms with Crippen molar-refractivity contribution in [3.63, 3.8) is 0 Å². The van der Waals surface area contributed by atoms with E-state index in [2.05, 4.69) is 91.5 Å². The Morgan fingerprint density at radius 3 is 1.63 bits per heavy atom. The summed E-state index contributed by atoms with van der Waals surface area (Å²) in [4.78, 5) is 0. The molecule has 2 aromatic carbocycles. The van der Waals surface area contributed by atoms with Crippen molar-refractivity contribution in [3.05, 3.63) is 108 Å². The Kier molecular flexibility index (Phi) is 11.0. The summed E-state index contributed by atoms with van der Waals surface area (Å²) < 4.78 is 4.62. The molecule has 138 valence electrons. The maximum atomic E-state index is 4.62. The monoisotopic (exact) mass is 409 g/mol. The van der Waals surface area contributed by atoms with Crippen LogP contribution in [0.15, 0.2) is 101 Å². The Bertz CT molecular complexity index is 785. The first-order valence-corrected chi connectivity index (χ1v) is 12.0. The number of hydrogen-bond donors (Lipinski definition) is 0. The average molecular weight is 409 g/mol. The molecular formula is C24H28NPTi. The molecular weight excluding hydrogens is 381 g/mol. The smallest absolute Gasteiger partial charge is 0.0424 e. The Balaban J connectivity index is 0.000000288. The van der Waals surface area contributed by atoms with E-state index in [9.17, 15) is 0 Å². The minimum absolute atomic E-state index is 0. The summed E-state index contributed by atoms with van der Waals surface area (Å²) in [6.07, 6.45) is 15.7. The molecule has 0 spiro atoms. The fourth-order valence-electron chi connectivity index (χ4n) is 2.36. The van der Waals surface area contributed by atoms with Crippen LogP contribution in [0.25, 0.3) is 12.2 Å². The third-order valence-corrected chi connectivity index (χ3v) is 4.32. The zero-order chi connectivity index (χ0) is 18.7. The first-order chi connectivity index (χ1) is 12.5. The van der Waals surface area contributed by atoms with Gasteiger partial charge in [-0.15, -0.1) is 0 Å². The van der Waals surface area contributed by atoms with E-state index in [0.29, 0.717) is 0 Å². The molecule has 3 heteroatoms. The molecule has 3 rings (SSSR count). The standard InChI is InChI=1S/C16H14.C8H14NP.Ti/c1-3-9-15(10-4-1)13-7-8-14-16-11-5-2-6-12-16;1-10(2,3)9-8-6-4-5-7-8;/h1-14H;4-6H,7H2,1-3H3;. The summed E-state index contributed by atoms with van der Waals surface area (Å²) in [5.41, 5.74) is 3.70. The van der Waals surface area contributed by atoms with Gasteiger partial charge >= 0.3 is 0 Å². The first kappa shape index (κ1) is 23.4. The number of rotatable bonds is 4. The molecule has 0 heterocycles. The van der Waals surface area contributed by atoms with Crippen LogP contribution in [0.4, 0.5) is 0 Å². The van der Waals surface area contributed by atoms with Crippen LogP contribution in [0.1, 0.15) is 17.5 Å². The van der Waals surface area contributed by atoms with Crippen LogP contribution in [0.2, 0.25) is 0 Å². The molecule has 1 nitrogen and oxygen atoms in total. The van der Waals surface area contributed by atoms with Gasteiger partial charge in [-0.25, -0.2) is 0 Å². The third kappa shape index (κ3) is 10.9. The van der Waals surface area contributed by atoms with Crippen LogP contribution in [0.3, 0.4) is 0 Å². The summed E-state index contributed by atoms with van der Waals surface area (Å²) >= 11 is 0. The SMILES string of the molecule is C(C=Cc1ccccc1)=Cc1ccccc1.CP(C)(C)=NC1=CC=CC1.[Ti]. The maximum Gasteiger partial charge on any atom is 0.0424 e. The second-order valence-electron chi connectivity index (χ2n) is 6.87. The van der Waals surface area contributed by atoms with Crippen molar-refractivity contribution in [2.45, 2.75) is 6.42 Å². The summed E-state index contributed by atoms with van der Waals surface area (Å²) in [7, 11) is -0.948. The van der Waals surface area contributed by atoms with Gasteiger partial charge < -0.3 is 0 Å². The second-order valence-corrected chi connectivity index (χ2v) is 11.0. The Morgan fingerprint density at radius 1 is 0.778 bits per heavy atom. The molecule has 0 amide bonds. The van der Waals surface area contributed by atoms with Crippen molar-refractivity contribution in [3.8, 4) is 0 Å². The molecule has 0 unspecified atom stereocenters. The fraction of sp³-hybridized carbons (Fsp3) is 0.167. The summed E-state index contributed by atoms with van der Waals surface area (Å²) in [5.74, 6) is 0. The zero-order valence-corrected chi connectivity index (χ0v) is 18.9. The molecule has 0 aliphatic heterocycles. The van der Waals surface area contributed by atoms with E-state index in [1.807, 2.05) is 36.4 Å². The normalized spacial score (nSPS) is 13.1. The summed E-state index contributed by atoms with van der Waals surface area (Å²) in [5, 5.41) is 0. The topological polar surface area (TPSA) is 12.4 Å². The number of hydrogen-bond acceptors (Lipinski definition) is 1. The van der Waals surface area contributed by atoms with E-state index in [1.54, 1.807) is 0 Å². The predicted octanol–water partition coefficient (Wildman–Crippen LogP) is 7.33. The van der Waals surface area contributed by atoms with Crippen LogP contribution in [-0.2, 0) is 21.7 Å². The van der Waals surface area contributed by atoms with Crippen molar-refractivity contribution in [2.75, 3.05) is 20.0 Å². The minimum Gasteiger partial charge on any atom is -0.272 e. The van der Waals surface area contributed by atoms with Gasteiger partial charge in [-0.1, -0.05) is 97.1 Å². The van der Waals surface area contributed by atoms with Crippen LogP contribution in [0.5, 0.6) is 0 Å². The first-order valence-electron chi connectivity index (χ1n) is 8.88. The molecule has 1 aliphatic carbocycles. The second kappa shape index (κ2) is 12.7. The molecule has 27 heavy (non-hydrogen) atoms. The van der Waals surface area contributed by atoms with Crippen molar-refractivity contribution in [2.24, 2.45) is 4.74 Å². The van der Waals surface area contributed by atoms with Crippen LogP contribution < -0.4 is 0 Å². The molecule has 0 bridgehead atoms. The van der Waals surface area contributed by atoms with Gasteiger partial charge in [0.2, 0.25) is 0 Å². The van der Waals surface area contributed by atoms with Crippen molar-refractivity contribution in [1.29, 1.82) is 0 Å². The molecule has 0 atom stereocenters. The van der Waals surface area contributed by atoms with E-state index in [1.165, 1.54) is 16.8 Å². The maximum absolute atomic E-state index is 4.62. The van der Waals surface area contributed by atoms with Gasteiger partial charge in [-0.2, -0.15) is 0 Å². The van der Waals surface area contributed by atoms with Crippen molar-refractivity contribution < 1.29 is 21.7 Å². The van der Waals surface area contributed by atoms with E-state index < -0.39 is 7.05 Å². The van der Waals surface area contributed by atoms with Gasteiger partial charge in [0.15, 0.2) is 0 Å². The zero-order valence-electron chi connectivity index (χ0n) is 16.4. The molecule has 0 saturated heterocycles. The van der Waals surface area contributed by atoms with Crippen LogP contribution in [-0.4, -0.2) is 20.0 Å². The number of allylic oxidation sites excluding steroid dienone is 5. The Hall–Kier alpha value is -1.66. The average Bonchev–Trinajstić information content (AvgIpc) is 3.12. The summed E-state index contributed by atoms with van der Waals surface area (Å²) in [6.45, 7) is 6.68. The quantitative estimate of drug-likeness (QED) is 0.285. The molecule has 0 fully saturated rings. The van der Waals surface area contributed by atoms with Gasteiger partial charge in [-0.05, 0) is 44.3 Å². The van der Waals surface area contributed by atoms with E-state index >= 15 is 0 Å². The van der Waals surface area contributed by atoms with Gasteiger partial charge in [0, 0.05) is 33.8 Å². The number of nitrogens with zero attached hydrogens (tertiary/aromatic N) is 1. The molecule has 0 radical (unpaired) electrons. The Morgan fingerprint density at radius 2 is 1.26 bits per heavy atom. The van der Waals surface area contributed by atoms with E-state index in [0.717, 1.165) is 6.42 Å². The van der Waals surface area contributed by atoms with E-state index in [-0.39, 0.29) is 21.7 Å². The molecule has 2 aromatic rings. The number of benzene rings is 2. The van der Waals surface area contributed by atoms with Gasteiger partial charge in [-0.3, -0.25) is 4.74 Å². The van der Waals surface area contributed by atoms with Gasteiger partial charge in [0.05, 0.1) is 0 Å².